The number of esters is 1. The zero-order valence-corrected chi connectivity index (χ0v) is 12.9. The molecule has 0 fully saturated rings. The van der Waals surface area contributed by atoms with E-state index in [2.05, 4.69) is 10.6 Å². The van der Waals surface area contributed by atoms with Crippen molar-refractivity contribution in [2.24, 2.45) is 0 Å². The number of benzene rings is 1. The Bertz CT molecular complexity index is 567. The highest BCUT2D eigenvalue weighted by atomic mass is 16.5. The molecule has 2 amide bonds. The minimum absolute atomic E-state index is 0.0187. The minimum Gasteiger partial charge on any atom is -0.448 e. The summed E-state index contributed by atoms with van der Waals surface area (Å²) >= 11 is 0. The number of hydrogen-bond donors (Lipinski definition) is 2. The van der Waals surface area contributed by atoms with E-state index in [0.29, 0.717) is 6.54 Å². The van der Waals surface area contributed by atoms with Gasteiger partial charge < -0.3 is 15.4 Å². The number of carbonyl (C=O) groups excluding carboxylic acids is 3. The second kappa shape index (κ2) is 8.61. The molecule has 1 rings (SSSR count). The van der Waals surface area contributed by atoms with Crippen molar-refractivity contribution in [2.45, 2.75) is 26.9 Å². The van der Waals surface area contributed by atoms with Gasteiger partial charge in [-0.2, -0.15) is 0 Å². The van der Waals surface area contributed by atoms with Gasteiger partial charge in [-0.15, -0.1) is 0 Å². The highest BCUT2D eigenvalue weighted by molar-refractivity contribution is 5.98. The Kier molecular flexibility index (Phi) is 6.82. The number of carbonyl (C=O) groups is 3. The summed E-state index contributed by atoms with van der Waals surface area (Å²) in [6, 6.07) is 9.01. The van der Waals surface area contributed by atoms with E-state index in [4.69, 9.17) is 4.74 Å². The average Bonchev–Trinajstić information content (AvgIpc) is 2.47. The summed E-state index contributed by atoms with van der Waals surface area (Å²) in [4.78, 5) is 34.9. The van der Waals surface area contributed by atoms with Crippen LogP contribution in [-0.2, 0) is 19.1 Å². The van der Waals surface area contributed by atoms with Crippen molar-refractivity contribution in [3.63, 3.8) is 0 Å². The van der Waals surface area contributed by atoms with Crippen molar-refractivity contribution in [2.75, 3.05) is 6.54 Å². The highest BCUT2D eigenvalue weighted by Gasteiger charge is 2.20. The first-order valence-electron chi connectivity index (χ1n) is 6.97. The van der Waals surface area contributed by atoms with Crippen LogP contribution in [0.5, 0.6) is 0 Å². The predicted molar refractivity (Wildman–Crippen MR) is 82.5 cm³/mol. The molecule has 0 heterocycles. The molecule has 0 saturated carbocycles. The van der Waals surface area contributed by atoms with Gasteiger partial charge in [-0.1, -0.05) is 30.3 Å². The lowest BCUT2D eigenvalue weighted by molar-refractivity contribution is -0.151. The fourth-order valence-corrected chi connectivity index (χ4v) is 1.65. The topological polar surface area (TPSA) is 84.5 Å². The van der Waals surface area contributed by atoms with E-state index in [9.17, 15) is 14.4 Å². The summed E-state index contributed by atoms with van der Waals surface area (Å²) in [5.41, 5.74) is 0.712. The largest absolute Gasteiger partial charge is 0.448 e. The third-order valence-corrected chi connectivity index (χ3v) is 2.65. The highest BCUT2D eigenvalue weighted by Crippen LogP contribution is 2.07. The molecule has 1 aromatic rings. The maximum atomic E-state index is 12.1. The van der Waals surface area contributed by atoms with E-state index < -0.39 is 23.9 Å². The van der Waals surface area contributed by atoms with Crippen LogP contribution >= 0.6 is 0 Å². The summed E-state index contributed by atoms with van der Waals surface area (Å²) < 4.78 is 5.07. The van der Waals surface area contributed by atoms with Crippen molar-refractivity contribution in [1.29, 1.82) is 0 Å². The number of rotatable bonds is 6. The van der Waals surface area contributed by atoms with E-state index in [1.54, 1.807) is 31.2 Å². The Morgan fingerprint density at radius 3 is 2.41 bits per heavy atom. The molecule has 6 nitrogen and oxygen atoms in total. The first-order chi connectivity index (χ1) is 10.4. The molecular weight excluding hydrogens is 284 g/mol. The van der Waals surface area contributed by atoms with E-state index in [1.165, 1.54) is 19.9 Å². The summed E-state index contributed by atoms with van der Waals surface area (Å²) in [6.45, 7) is 4.97. The van der Waals surface area contributed by atoms with Gasteiger partial charge in [-0.3, -0.25) is 9.59 Å². The van der Waals surface area contributed by atoms with Crippen molar-refractivity contribution in [3.8, 4) is 0 Å². The van der Waals surface area contributed by atoms with Gasteiger partial charge in [0.15, 0.2) is 6.10 Å². The van der Waals surface area contributed by atoms with Crippen molar-refractivity contribution in [3.05, 3.63) is 41.6 Å². The molecule has 0 aliphatic carbocycles. The zero-order valence-electron chi connectivity index (χ0n) is 12.9. The van der Waals surface area contributed by atoms with Crippen LogP contribution < -0.4 is 10.6 Å². The quantitative estimate of drug-likeness (QED) is 0.611. The predicted octanol–water partition coefficient (Wildman–Crippen LogP) is 1.23. The van der Waals surface area contributed by atoms with Crippen LogP contribution in [0.3, 0.4) is 0 Å². The second-order valence-corrected chi connectivity index (χ2v) is 4.59. The summed E-state index contributed by atoms with van der Waals surface area (Å²) in [7, 11) is 0. The van der Waals surface area contributed by atoms with Gasteiger partial charge in [0.05, 0.1) is 0 Å². The molecule has 0 unspecified atom stereocenters. The molecule has 0 aromatic heterocycles. The standard InChI is InChI=1S/C16H20N2O4/c1-4-17-15(20)11(2)22-16(21)14(18-12(3)19)10-13-8-6-5-7-9-13/h5-11H,4H2,1-3H3,(H,17,20)(H,18,19)/b14-10-/t11-/m1/s1. The first kappa shape index (κ1) is 17.4. The maximum absolute atomic E-state index is 12.1. The SMILES string of the molecule is CCNC(=O)[C@@H](C)OC(=O)/C(=C/c1ccccc1)NC(C)=O. The van der Waals surface area contributed by atoms with E-state index in [1.807, 2.05) is 6.07 Å². The molecule has 0 saturated heterocycles. The van der Waals surface area contributed by atoms with E-state index in [0.717, 1.165) is 5.56 Å². The fraction of sp³-hybridized carbons (Fsp3) is 0.312. The van der Waals surface area contributed by atoms with Crippen molar-refractivity contribution in [1.82, 2.24) is 10.6 Å². The maximum Gasteiger partial charge on any atom is 0.355 e. The summed E-state index contributed by atoms with van der Waals surface area (Å²) in [5.74, 6) is -1.56. The minimum atomic E-state index is -0.944. The lowest BCUT2D eigenvalue weighted by Crippen LogP contribution is -2.37. The Labute approximate surface area is 129 Å². The molecular formula is C16H20N2O4. The van der Waals surface area contributed by atoms with Gasteiger partial charge in [0.25, 0.3) is 5.91 Å². The fourth-order valence-electron chi connectivity index (χ4n) is 1.65. The third-order valence-electron chi connectivity index (χ3n) is 2.65. The molecule has 1 aromatic carbocycles. The monoisotopic (exact) mass is 304 g/mol. The normalized spacial score (nSPS) is 12.2. The Morgan fingerprint density at radius 1 is 1.23 bits per heavy atom. The number of amides is 2. The summed E-state index contributed by atoms with van der Waals surface area (Å²) in [6.07, 6.45) is 0.550. The lowest BCUT2D eigenvalue weighted by Gasteiger charge is -2.14. The second-order valence-electron chi connectivity index (χ2n) is 4.59. The molecule has 2 N–H and O–H groups in total. The van der Waals surface area contributed by atoms with E-state index in [-0.39, 0.29) is 5.70 Å². The van der Waals surface area contributed by atoms with Crippen LogP contribution in [0.1, 0.15) is 26.3 Å². The van der Waals surface area contributed by atoms with Gasteiger partial charge in [-0.25, -0.2) is 4.79 Å². The van der Waals surface area contributed by atoms with Gasteiger partial charge in [0.2, 0.25) is 5.91 Å². The smallest absolute Gasteiger partial charge is 0.355 e. The number of ether oxygens (including phenoxy) is 1. The van der Waals surface area contributed by atoms with Crippen LogP contribution in [0.4, 0.5) is 0 Å². The Balaban J connectivity index is 2.88. The zero-order chi connectivity index (χ0) is 16.5. The first-order valence-corrected chi connectivity index (χ1v) is 6.97. The van der Waals surface area contributed by atoms with Crippen LogP contribution in [0.2, 0.25) is 0 Å². The lowest BCUT2D eigenvalue weighted by atomic mass is 10.2. The number of likely N-dealkylation sites (N-methyl/N-ethyl adjacent to an activating group) is 1. The molecule has 0 aliphatic heterocycles. The molecule has 22 heavy (non-hydrogen) atoms. The van der Waals surface area contributed by atoms with Gasteiger partial charge in [0, 0.05) is 13.5 Å². The molecule has 0 radical (unpaired) electrons. The average molecular weight is 304 g/mol. The molecule has 118 valence electrons. The Hall–Kier alpha value is -2.63. The van der Waals surface area contributed by atoms with Gasteiger partial charge >= 0.3 is 5.97 Å². The van der Waals surface area contributed by atoms with Crippen LogP contribution in [-0.4, -0.2) is 30.4 Å². The summed E-state index contributed by atoms with van der Waals surface area (Å²) in [5, 5.41) is 4.98. The van der Waals surface area contributed by atoms with Gasteiger partial charge in [0.1, 0.15) is 5.70 Å². The number of nitrogens with one attached hydrogen (secondary N) is 2. The molecule has 0 bridgehead atoms. The van der Waals surface area contributed by atoms with Crippen LogP contribution in [0.25, 0.3) is 6.08 Å². The van der Waals surface area contributed by atoms with E-state index >= 15 is 0 Å². The third kappa shape index (κ3) is 5.78. The van der Waals surface area contributed by atoms with Crippen LogP contribution in [0, 0.1) is 0 Å². The molecule has 0 spiro atoms. The van der Waals surface area contributed by atoms with Crippen molar-refractivity contribution >= 4 is 23.9 Å². The van der Waals surface area contributed by atoms with Gasteiger partial charge in [-0.05, 0) is 25.5 Å². The Morgan fingerprint density at radius 2 is 1.86 bits per heavy atom. The molecule has 1 atom stereocenters. The van der Waals surface area contributed by atoms with Crippen LogP contribution in [0.15, 0.2) is 36.0 Å². The molecule has 6 heteroatoms. The molecule has 0 aliphatic rings. The number of hydrogen-bond acceptors (Lipinski definition) is 4. The van der Waals surface area contributed by atoms with Crippen molar-refractivity contribution < 1.29 is 19.1 Å².